The molecular weight excluding hydrogens is 379 g/mol. The van der Waals surface area contributed by atoms with E-state index in [4.69, 9.17) is 25.8 Å². The molecule has 0 aromatic heterocycles. The topological polar surface area (TPSA) is 122 Å². The molecule has 2 fully saturated rings. The van der Waals surface area contributed by atoms with Crippen LogP contribution in [0.3, 0.4) is 0 Å². The van der Waals surface area contributed by atoms with Crippen molar-refractivity contribution in [3.8, 4) is 6.07 Å². The van der Waals surface area contributed by atoms with Gasteiger partial charge in [-0.25, -0.2) is 4.99 Å². The second-order valence-electron chi connectivity index (χ2n) is 9.33. The lowest BCUT2D eigenvalue weighted by Gasteiger charge is -2.45. The summed E-state index contributed by atoms with van der Waals surface area (Å²) in [6.07, 6.45) is 4.86. The number of nitrogens with zero attached hydrogens (tertiary/aromatic N) is 4. The van der Waals surface area contributed by atoms with Crippen LogP contribution in [0, 0.1) is 11.3 Å². The van der Waals surface area contributed by atoms with E-state index in [0.717, 1.165) is 43.3 Å². The maximum absolute atomic E-state index is 9.68. The summed E-state index contributed by atoms with van der Waals surface area (Å²) < 4.78 is 12.4. The highest BCUT2D eigenvalue weighted by atomic mass is 16.7. The van der Waals surface area contributed by atoms with Crippen LogP contribution in [0.25, 0.3) is 0 Å². The second-order valence-corrected chi connectivity index (χ2v) is 9.33. The highest BCUT2D eigenvalue weighted by molar-refractivity contribution is 6.62. The van der Waals surface area contributed by atoms with Gasteiger partial charge < -0.3 is 20.8 Å². The number of anilines is 1. The van der Waals surface area contributed by atoms with Gasteiger partial charge in [0, 0.05) is 5.69 Å². The average molecular weight is 408 g/mol. The van der Waals surface area contributed by atoms with Gasteiger partial charge in [0.05, 0.1) is 22.8 Å². The molecule has 1 spiro atoms. The monoisotopic (exact) mass is 408 g/mol. The van der Waals surface area contributed by atoms with Crippen molar-refractivity contribution >= 4 is 30.2 Å². The fourth-order valence-electron chi connectivity index (χ4n) is 4.44. The van der Waals surface area contributed by atoms with Gasteiger partial charge in [0.25, 0.3) is 0 Å². The number of guanidine groups is 2. The van der Waals surface area contributed by atoms with Crippen molar-refractivity contribution in [1.82, 2.24) is 0 Å². The van der Waals surface area contributed by atoms with Gasteiger partial charge in [-0.3, -0.25) is 4.90 Å². The van der Waals surface area contributed by atoms with E-state index in [1.54, 1.807) is 6.07 Å². The molecule has 158 valence electrons. The van der Waals surface area contributed by atoms with Crippen molar-refractivity contribution < 1.29 is 9.31 Å². The Hall–Kier alpha value is -2.57. The maximum Gasteiger partial charge on any atom is 0.494 e. The molecule has 0 unspecified atom stereocenters. The molecule has 0 bridgehead atoms. The molecule has 1 aromatic carbocycles. The van der Waals surface area contributed by atoms with Crippen molar-refractivity contribution in [1.29, 1.82) is 5.26 Å². The molecule has 3 aliphatic rings. The van der Waals surface area contributed by atoms with Crippen molar-refractivity contribution in [2.45, 2.75) is 76.7 Å². The second kappa shape index (κ2) is 7.00. The zero-order valence-electron chi connectivity index (χ0n) is 18.1. The summed E-state index contributed by atoms with van der Waals surface area (Å²) in [6.45, 7) is 8.02. The molecule has 2 aliphatic heterocycles. The van der Waals surface area contributed by atoms with Crippen LogP contribution in [-0.4, -0.2) is 35.9 Å². The maximum atomic E-state index is 9.68. The SMILES string of the molecule is CC1(C)OB(c2cc(C#N)cc(N3C(N)=NC(N)=NC34CCCCC4)c2)OC1(C)C. The lowest BCUT2D eigenvalue weighted by molar-refractivity contribution is 0.00578. The van der Waals surface area contributed by atoms with Crippen molar-refractivity contribution in [2.75, 3.05) is 4.90 Å². The summed E-state index contributed by atoms with van der Waals surface area (Å²) in [7, 11) is -0.583. The molecular formula is C21H29BN6O2. The molecule has 1 saturated heterocycles. The first-order valence-corrected chi connectivity index (χ1v) is 10.5. The van der Waals surface area contributed by atoms with E-state index in [2.05, 4.69) is 11.1 Å². The van der Waals surface area contributed by atoms with Gasteiger partial charge in [0.15, 0.2) is 0 Å². The number of hydrogen-bond acceptors (Lipinski definition) is 8. The quantitative estimate of drug-likeness (QED) is 0.722. The minimum Gasteiger partial charge on any atom is -0.399 e. The van der Waals surface area contributed by atoms with Gasteiger partial charge in [-0.05, 0) is 77.0 Å². The van der Waals surface area contributed by atoms with Crippen LogP contribution in [0.5, 0.6) is 0 Å². The van der Waals surface area contributed by atoms with Gasteiger partial charge in [0.2, 0.25) is 11.9 Å². The minimum absolute atomic E-state index is 0.202. The third kappa shape index (κ3) is 3.34. The van der Waals surface area contributed by atoms with E-state index >= 15 is 0 Å². The standard InChI is InChI=1S/C21H29BN6O2/c1-19(2)20(3,4)30-22(29-19)15-10-14(13-23)11-16(12-15)28-18(25)26-17(24)27-21(28)8-6-5-7-9-21/h10-12H,5-9H2,1-4H3,(H4,24,25,26,27). The molecule has 4 N–H and O–H groups in total. The number of aliphatic imine (C=N–C) groups is 2. The molecule has 1 saturated carbocycles. The van der Waals surface area contributed by atoms with E-state index < -0.39 is 24.0 Å². The summed E-state index contributed by atoms with van der Waals surface area (Å²) >= 11 is 0. The van der Waals surface area contributed by atoms with Gasteiger partial charge >= 0.3 is 7.12 Å². The highest BCUT2D eigenvalue weighted by Gasteiger charge is 2.52. The predicted octanol–water partition coefficient (Wildman–Crippen LogP) is 1.97. The van der Waals surface area contributed by atoms with Crippen molar-refractivity contribution in [2.24, 2.45) is 21.5 Å². The molecule has 0 radical (unpaired) electrons. The average Bonchev–Trinajstić information content (AvgIpc) is 2.89. The van der Waals surface area contributed by atoms with Crippen molar-refractivity contribution in [3.05, 3.63) is 23.8 Å². The van der Waals surface area contributed by atoms with Crippen LogP contribution < -0.4 is 21.8 Å². The first-order valence-electron chi connectivity index (χ1n) is 10.5. The number of benzene rings is 1. The van der Waals surface area contributed by atoms with E-state index in [0.29, 0.717) is 11.5 Å². The summed E-state index contributed by atoms with van der Waals surface area (Å²) in [5.74, 6) is 0.493. The minimum atomic E-state index is -0.583. The van der Waals surface area contributed by atoms with Crippen molar-refractivity contribution in [3.63, 3.8) is 0 Å². The summed E-state index contributed by atoms with van der Waals surface area (Å²) in [6, 6.07) is 7.81. The summed E-state index contributed by atoms with van der Waals surface area (Å²) in [5, 5.41) is 9.68. The first-order chi connectivity index (χ1) is 14.1. The zero-order chi connectivity index (χ0) is 21.7. The fourth-order valence-corrected chi connectivity index (χ4v) is 4.44. The number of rotatable bonds is 2. The van der Waals surface area contributed by atoms with Crippen LogP contribution in [-0.2, 0) is 9.31 Å². The Kier molecular flexibility index (Phi) is 4.83. The smallest absolute Gasteiger partial charge is 0.399 e. The number of nitrogens with two attached hydrogens (primary N) is 2. The molecule has 0 atom stereocenters. The Morgan fingerprint density at radius 3 is 2.27 bits per heavy atom. The fraction of sp³-hybridized carbons (Fsp3) is 0.571. The molecule has 1 aliphatic carbocycles. The molecule has 30 heavy (non-hydrogen) atoms. The Bertz CT molecular complexity index is 943. The first kappa shape index (κ1) is 20.7. The molecule has 1 aromatic rings. The Morgan fingerprint density at radius 1 is 1.03 bits per heavy atom. The third-order valence-corrected chi connectivity index (χ3v) is 6.70. The Balaban J connectivity index is 1.79. The lowest BCUT2D eigenvalue weighted by atomic mass is 9.77. The molecule has 8 nitrogen and oxygen atoms in total. The lowest BCUT2D eigenvalue weighted by Crippen LogP contribution is -2.58. The molecule has 0 amide bonds. The van der Waals surface area contributed by atoms with Crippen LogP contribution in [0.15, 0.2) is 28.2 Å². The Morgan fingerprint density at radius 2 is 1.67 bits per heavy atom. The molecule has 4 rings (SSSR count). The molecule has 9 heteroatoms. The van der Waals surface area contributed by atoms with Gasteiger partial charge in [0.1, 0.15) is 5.66 Å². The predicted molar refractivity (Wildman–Crippen MR) is 118 cm³/mol. The molecule has 2 heterocycles. The summed E-state index contributed by atoms with van der Waals surface area (Å²) in [5.41, 5.74) is 12.8. The van der Waals surface area contributed by atoms with E-state index in [9.17, 15) is 5.26 Å². The zero-order valence-corrected chi connectivity index (χ0v) is 18.1. The van der Waals surface area contributed by atoms with Crippen LogP contribution in [0.2, 0.25) is 0 Å². The van der Waals surface area contributed by atoms with Crippen LogP contribution in [0.4, 0.5) is 5.69 Å². The number of hydrogen-bond donors (Lipinski definition) is 2. The Labute approximate surface area is 178 Å². The van der Waals surface area contributed by atoms with Crippen LogP contribution >= 0.6 is 0 Å². The van der Waals surface area contributed by atoms with Gasteiger partial charge in [-0.1, -0.05) is 6.42 Å². The van der Waals surface area contributed by atoms with E-state index in [1.807, 2.05) is 44.7 Å². The third-order valence-electron chi connectivity index (χ3n) is 6.70. The van der Waals surface area contributed by atoms with Gasteiger partial charge in [-0.2, -0.15) is 10.3 Å². The van der Waals surface area contributed by atoms with E-state index in [1.165, 1.54) is 0 Å². The number of nitriles is 1. The normalized spacial score (nSPS) is 24.4. The van der Waals surface area contributed by atoms with Gasteiger partial charge in [-0.15, -0.1) is 0 Å². The van der Waals surface area contributed by atoms with Crippen LogP contribution in [0.1, 0.15) is 65.4 Å². The van der Waals surface area contributed by atoms with E-state index in [-0.39, 0.29) is 5.96 Å². The highest BCUT2D eigenvalue weighted by Crippen LogP contribution is 2.40. The largest absolute Gasteiger partial charge is 0.494 e. The summed E-state index contributed by atoms with van der Waals surface area (Å²) in [4.78, 5) is 10.9.